The lowest BCUT2D eigenvalue weighted by atomic mass is 9.69. The van der Waals surface area contributed by atoms with Crippen LogP contribution in [0, 0.1) is 5.92 Å². The van der Waals surface area contributed by atoms with E-state index in [1.807, 2.05) is 18.2 Å². The van der Waals surface area contributed by atoms with Crippen LogP contribution in [0.15, 0.2) is 41.7 Å². The van der Waals surface area contributed by atoms with E-state index in [9.17, 15) is 0 Å². The molecule has 140 valence electrons. The first-order valence-electron chi connectivity index (χ1n) is 9.09. The van der Waals surface area contributed by atoms with Crippen molar-refractivity contribution < 1.29 is 14.2 Å². The molecule has 1 unspecified atom stereocenters. The van der Waals surface area contributed by atoms with Crippen molar-refractivity contribution in [3.63, 3.8) is 0 Å². The normalized spacial score (nSPS) is 31.5. The number of nitrogens with zero attached hydrogens (tertiary/aromatic N) is 2. The summed E-state index contributed by atoms with van der Waals surface area (Å²) in [5.74, 6) is 0.860. The first kappa shape index (κ1) is 16.8. The molecule has 5 rings (SSSR count). The fraction of sp³-hybridized carbons (Fsp3) is 0.400. The molecule has 2 N–H and O–H groups in total. The third-order valence-electron chi connectivity index (χ3n) is 5.75. The summed E-state index contributed by atoms with van der Waals surface area (Å²) in [5.41, 5.74) is 8.25. The summed E-state index contributed by atoms with van der Waals surface area (Å²) in [7, 11) is 0. The van der Waals surface area contributed by atoms with Crippen molar-refractivity contribution in [1.29, 1.82) is 0 Å². The Morgan fingerprint density at radius 3 is 2.89 bits per heavy atom. The number of halogens is 1. The average Bonchev–Trinajstić information content (AvgIpc) is 3.04. The SMILES string of the molecule is C[C@H]1OCC[C@H]2Oc3ccc(-c4cncc(Cl)c4)cc3[C@@]3(COC(N)=N3)C12. The number of hydrogen-bond acceptors (Lipinski definition) is 6. The third-order valence-corrected chi connectivity index (χ3v) is 5.96. The van der Waals surface area contributed by atoms with Gasteiger partial charge in [0.1, 0.15) is 24.0 Å². The first-order valence-corrected chi connectivity index (χ1v) is 9.46. The van der Waals surface area contributed by atoms with Gasteiger partial charge in [0.25, 0.3) is 6.02 Å². The second-order valence-corrected chi connectivity index (χ2v) is 7.75. The number of aromatic nitrogens is 1. The minimum atomic E-state index is -0.607. The fourth-order valence-electron chi connectivity index (χ4n) is 4.60. The Kier molecular flexibility index (Phi) is 3.81. The van der Waals surface area contributed by atoms with Gasteiger partial charge < -0.3 is 19.9 Å². The van der Waals surface area contributed by atoms with Gasteiger partial charge in [0.15, 0.2) is 0 Å². The molecule has 7 heteroatoms. The van der Waals surface area contributed by atoms with Crippen LogP contribution in [-0.4, -0.2) is 36.4 Å². The number of rotatable bonds is 1. The summed E-state index contributed by atoms with van der Waals surface area (Å²) in [6.45, 7) is 3.14. The molecule has 27 heavy (non-hydrogen) atoms. The molecule has 1 fully saturated rings. The quantitative estimate of drug-likeness (QED) is 0.815. The lowest BCUT2D eigenvalue weighted by molar-refractivity contribution is -0.116. The maximum Gasteiger partial charge on any atom is 0.283 e. The highest BCUT2D eigenvalue weighted by Gasteiger charge is 2.57. The number of pyridine rings is 1. The third kappa shape index (κ3) is 2.58. The molecule has 0 bridgehead atoms. The zero-order chi connectivity index (χ0) is 18.6. The van der Waals surface area contributed by atoms with E-state index in [4.69, 9.17) is 36.5 Å². The summed E-state index contributed by atoms with van der Waals surface area (Å²) < 4.78 is 17.9. The highest BCUT2D eigenvalue weighted by atomic mass is 35.5. The van der Waals surface area contributed by atoms with E-state index in [-0.39, 0.29) is 24.1 Å². The molecule has 1 aromatic carbocycles. The van der Waals surface area contributed by atoms with Gasteiger partial charge in [-0.3, -0.25) is 4.98 Å². The average molecular weight is 386 g/mol. The zero-order valence-corrected chi connectivity index (χ0v) is 15.6. The molecule has 3 aliphatic rings. The molecule has 6 nitrogen and oxygen atoms in total. The molecule has 4 heterocycles. The van der Waals surface area contributed by atoms with Crippen LogP contribution in [0.25, 0.3) is 11.1 Å². The maximum atomic E-state index is 6.36. The minimum absolute atomic E-state index is 0.00774. The number of benzene rings is 1. The van der Waals surface area contributed by atoms with Gasteiger partial charge in [-0.1, -0.05) is 17.7 Å². The molecule has 4 atom stereocenters. The summed E-state index contributed by atoms with van der Waals surface area (Å²) in [4.78, 5) is 8.97. The van der Waals surface area contributed by atoms with E-state index in [0.717, 1.165) is 28.9 Å². The van der Waals surface area contributed by atoms with E-state index in [2.05, 4.69) is 18.0 Å². The van der Waals surface area contributed by atoms with E-state index in [1.165, 1.54) is 0 Å². The summed E-state index contributed by atoms with van der Waals surface area (Å²) in [5, 5.41) is 0.594. The maximum absolute atomic E-state index is 6.36. The van der Waals surface area contributed by atoms with Crippen LogP contribution < -0.4 is 10.5 Å². The van der Waals surface area contributed by atoms with Crippen LogP contribution in [0.5, 0.6) is 5.75 Å². The molecule has 1 saturated heterocycles. The zero-order valence-electron chi connectivity index (χ0n) is 14.9. The van der Waals surface area contributed by atoms with Gasteiger partial charge in [-0.15, -0.1) is 0 Å². The van der Waals surface area contributed by atoms with Gasteiger partial charge in [-0.25, -0.2) is 4.99 Å². The van der Waals surface area contributed by atoms with Crippen LogP contribution in [0.3, 0.4) is 0 Å². The first-order chi connectivity index (χ1) is 13.1. The number of fused-ring (bicyclic) bond motifs is 4. The van der Waals surface area contributed by atoms with Crippen LogP contribution in [0.2, 0.25) is 5.02 Å². The van der Waals surface area contributed by atoms with E-state index in [1.54, 1.807) is 12.4 Å². The van der Waals surface area contributed by atoms with Crippen molar-refractivity contribution in [2.24, 2.45) is 16.6 Å². The van der Waals surface area contributed by atoms with Crippen molar-refractivity contribution in [3.05, 3.63) is 47.2 Å². The predicted molar refractivity (Wildman–Crippen MR) is 102 cm³/mol. The lowest BCUT2D eigenvalue weighted by Gasteiger charge is -2.48. The van der Waals surface area contributed by atoms with E-state index >= 15 is 0 Å². The number of amidine groups is 1. The molecule has 0 saturated carbocycles. The Hall–Kier alpha value is -2.31. The molecule has 0 amide bonds. The molecular formula is C20H20ClN3O3. The number of ether oxygens (including phenoxy) is 3. The number of nitrogens with two attached hydrogens (primary N) is 1. The summed E-state index contributed by atoms with van der Waals surface area (Å²) >= 11 is 6.13. The van der Waals surface area contributed by atoms with Crippen molar-refractivity contribution in [2.45, 2.75) is 31.1 Å². The van der Waals surface area contributed by atoms with Crippen molar-refractivity contribution >= 4 is 17.6 Å². The highest BCUT2D eigenvalue weighted by Crippen LogP contribution is 2.52. The number of hydrogen-bond donors (Lipinski definition) is 1. The molecule has 0 aliphatic carbocycles. The second kappa shape index (κ2) is 6.11. The van der Waals surface area contributed by atoms with Gasteiger partial charge in [-0.2, -0.15) is 0 Å². The Morgan fingerprint density at radius 2 is 2.11 bits per heavy atom. The predicted octanol–water partition coefficient (Wildman–Crippen LogP) is 3.13. The summed E-state index contributed by atoms with van der Waals surface area (Å²) in [6, 6.07) is 8.21. The highest BCUT2D eigenvalue weighted by molar-refractivity contribution is 6.30. The van der Waals surface area contributed by atoms with Gasteiger partial charge in [0.2, 0.25) is 0 Å². The largest absolute Gasteiger partial charge is 0.489 e. The second-order valence-electron chi connectivity index (χ2n) is 7.31. The molecule has 2 aromatic rings. The van der Waals surface area contributed by atoms with Crippen molar-refractivity contribution in [1.82, 2.24) is 4.98 Å². The minimum Gasteiger partial charge on any atom is -0.489 e. The smallest absolute Gasteiger partial charge is 0.283 e. The van der Waals surface area contributed by atoms with Gasteiger partial charge in [-0.05, 0) is 30.7 Å². The van der Waals surface area contributed by atoms with Gasteiger partial charge >= 0.3 is 0 Å². The topological polar surface area (TPSA) is 79.0 Å². The summed E-state index contributed by atoms with van der Waals surface area (Å²) in [6.07, 6.45) is 4.26. The van der Waals surface area contributed by atoms with E-state index < -0.39 is 5.54 Å². The molecule has 1 aromatic heterocycles. The molecule has 0 radical (unpaired) electrons. The molecular weight excluding hydrogens is 366 g/mol. The Morgan fingerprint density at radius 1 is 1.22 bits per heavy atom. The standard InChI is InChI=1S/C20H20ClN3O3/c1-11-18-17(4-5-25-11)27-16-3-2-12(13-6-14(21)9-23-8-13)7-15(16)20(18)10-26-19(22)24-20/h2-3,6-9,11,17-18H,4-5,10H2,1H3,(H2,22,24)/t11-,17-,18?,20+/m1/s1. The number of aliphatic imine (C=N–C) groups is 1. The van der Waals surface area contributed by atoms with Crippen molar-refractivity contribution in [3.8, 4) is 16.9 Å². The van der Waals surface area contributed by atoms with Crippen molar-refractivity contribution in [2.75, 3.05) is 13.2 Å². The molecule has 1 spiro atoms. The van der Waals surface area contributed by atoms with Crippen LogP contribution >= 0.6 is 11.6 Å². The van der Waals surface area contributed by atoms with Gasteiger partial charge in [0.05, 0.1) is 23.7 Å². The van der Waals surface area contributed by atoms with Crippen LogP contribution in [0.1, 0.15) is 18.9 Å². The Labute approximate surface area is 162 Å². The van der Waals surface area contributed by atoms with Gasteiger partial charge in [0, 0.05) is 29.9 Å². The molecule has 3 aliphatic heterocycles. The Bertz CT molecular complexity index is 934. The van der Waals surface area contributed by atoms with Crippen LogP contribution in [0.4, 0.5) is 0 Å². The van der Waals surface area contributed by atoms with Crippen LogP contribution in [-0.2, 0) is 15.0 Å². The fourth-order valence-corrected chi connectivity index (χ4v) is 4.77. The Balaban J connectivity index is 1.69. The lowest BCUT2D eigenvalue weighted by Crippen LogP contribution is -2.56. The van der Waals surface area contributed by atoms with E-state index in [0.29, 0.717) is 18.2 Å². The monoisotopic (exact) mass is 385 g/mol.